The highest BCUT2D eigenvalue weighted by molar-refractivity contribution is 7.98. The van der Waals surface area contributed by atoms with Gasteiger partial charge in [-0.3, -0.25) is 20.2 Å². The molecule has 0 aliphatic heterocycles. The van der Waals surface area contributed by atoms with Crippen molar-refractivity contribution < 1.29 is 9.59 Å². The molecular weight excluding hydrogens is 450 g/mol. The van der Waals surface area contributed by atoms with Gasteiger partial charge in [0.05, 0.1) is 11.1 Å². The SMILES string of the molecule is CSCCc1nc(C(=O)Nc2nc3c(C(=O)Nc4ncc[nH]4)cccc3[nH]2)cc2ccccc12. The average Bonchev–Trinajstić information content (AvgIpc) is 3.51. The van der Waals surface area contributed by atoms with Crippen molar-refractivity contribution in [2.75, 3.05) is 22.6 Å². The van der Waals surface area contributed by atoms with E-state index < -0.39 is 0 Å². The molecule has 0 atom stereocenters. The zero-order chi connectivity index (χ0) is 23.5. The Balaban J connectivity index is 1.43. The van der Waals surface area contributed by atoms with Crippen LogP contribution in [0.15, 0.2) is 60.9 Å². The number of aromatic amines is 2. The van der Waals surface area contributed by atoms with Crippen LogP contribution in [0.3, 0.4) is 0 Å². The molecule has 0 aliphatic carbocycles. The first-order valence-corrected chi connectivity index (χ1v) is 12.0. The van der Waals surface area contributed by atoms with Crippen molar-refractivity contribution in [1.82, 2.24) is 24.9 Å². The number of nitrogens with one attached hydrogen (secondary N) is 4. The number of H-pyrrole nitrogens is 2. The predicted molar refractivity (Wildman–Crippen MR) is 134 cm³/mol. The van der Waals surface area contributed by atoms with Crippen molar-refractivity contribution in [2.45, 2.75) is 6.42 Å². The third-order valence-corrected chi connectivity index (χ3v) is 5.93. The summed E-state index contributed by atoms with van der Waals surface area (Å²) in [6.07, 6.45) is 5.97. The van der Waals surface area contributed by atoms with Crippen LogP contribution in [0.25, 0.3) is 21.8 Å². The first-order valence-electron chi connectivity index (χ1n) is 10.6. The quantitative estimate of drug-likeness (QED) is 0.281. The summed E-state index contributed by atoms with van der Waals surface area (Å²) in [5.74, 6) is 0.745. The summed E-state index contributed by atoms with van der Waals surface area (Å²) < 4.78 is 0. The third-order valence-electron chi connectivity index (χ3n) is 5.31. The highest BCUT2D eigenvalue weighted by Crippen LogP contribution is 2.22. The van der Waals surface area contributed by atoms with Crippen molar-refractivity contribution in [3.63, 3.8) is 0 Å². The van der Waals surface area contributed by atoms with Crippen LogP contribution in [-0.4, -0.2) is 48.7 Å². The number of benzene rings is 2. The summed E-state index contributed by atoms with van der Waals surface area (Å²) in [6, 6.07) is 14.9. The monoisotopic (exact) mass is 471 g/mol. The minimum atomic E-state index is -0.378. The van der Waals surface area contributed by atoms with Gasteiger partial charge in [0.25, 0.3) is 11.8 Å². The van der Waals surface area contributed by atoms with Gasteiger partial charge in [0.2, 0.25) is 11.9 Å². The van der Waals surface area contributed by atoms with Crippen molar-refractivity contribution in [3.8, 4) is 0 Å². The first-order chi connectivity index (χ1) is 16.6. The van der Waals surface area contributed by atoms with E-state index in [0.29, 0.717) is 28.2 Å². The molecule has 0 bridgehead atoms. The molecule has 2 amide bonds. The molecule has 0 radical (unpaired) electrons. The molecule has 2 aromatic carbocycles. The molecule has 34 heavy (non-hydrogen) atoms. The Hall–Kier alpha value is -4.18. The highest BCUT2D eigenvalue weighted by atomic mass is 32.2. The predicted octanol–water partition coefficient (Wildman–Crippen LogP) is 4.24. The molecule has 0 saturated carbocycles. The Morgan fingerprint density at radius 3 is 2.68 bits per heavy atom. The Kier molecular flexibility index (Phi) is 5.96. The number of carbonyl (C=O) groups is 2. The molecule has 0 unspecified atom stereocenters. The maximum absolute atomic E-state index is 13.1. The molecule has 0 fully saturated rings. The number of carbonyl (C=O) groups excluding carboxylic acids is 2. The van der Waals surface area contributed by atoms with Gasteiger partial charge in [-0.1, -0.05) is 30.3 Å². The second-order valence-corrected chi connectivity index (χ2v) is 8.54. The molecule has 4 N–H and O–H groups in total. The van der Waals surface area contributed by atoms with Gasteiger partial charge < -0.3 is 9.97 Å². The highest BCUT2D eigenvalue weighted by Gasteiger charge is 2.17. The van der Waals surface area contributed by atoms with Gasteiger partial charge in [0.1, 0.15) is 11.2 Å². The van der Waals surface area contributed by atoms with Crippen LogP contribution in [0.2, 0.25) is 0 Å². The molecule has 0 aliphatic rings. The van der Waals surface area contributed by atoms with Crippen LogP contribution in [0.4, 0.5) is 11.9 Å². The van der Waals surface area contributed by atoms with E-state index in [-0.39, 0.29) is 17.8 Å². The first kappa shape index (κ1) is 21.7. The van der Waals surface area contributed by atoms with Gasteiger partial charge in [-0.15, -0.1) is 0 Å². The summed E-state index contributed by atoms with van der Waals surface area (Å²) in [4.78, 5) is 44.7. The van der Waals surface area contributed by atoms with E-state index in [0.717, 1.165) is 28.6 Å². The second-order valence-electron chi connectivity index (χ2n) is 7.55. The minimum absolute atomic E-state index is 0.235. The molecule has 3 aromatic heterocycles. The Bertz CT molecular complexity index is 1490. The van der Waals surface area contributed by atoms with Crippen molar-refractivity contribution >= 4 is 57.3 Å². The average molecular weight is 472 g/mol. The number of fused-ring (bicyclic) bond motifs is 2. The fraction of sp³-hybridized carbons (Fsp3) is 0.125. The standard InChI is InChI=1S/C24H21N7O2S/c1-34-12-9-17-15-6-3-2-5-14(15)13-19(27-17)22(33)31-24-28-18-8-4-7-16(20(18)29-24)21(32)30-23-25-10-11-26-23/h2-8,10-11,13H,9,12H2,1H3,(H2,25,26,30,32)(H2,28,29,31,33). The Labute approximate surface area is 198 Å². The number of rotatable bonds is 7. The number of imidazole rings is 2. The number of thioether (sulfide) groups is 1. The zero-order valence-electron chi connectivity index (χ0n) is 18.3. The number of aromatic nitrogens is 5. The lowest BCUT2D eigenvalue weighted by Crippen LogP contribution is -2.16. The molecule has 10 heteroatoms. The summed E-state index contributed by atoms with van der Waals surface area (Å²) in [5, 5.41) is 7.48. The third kappa shape index (κ3) is 4.35. The van der Waals surface area contributed by atoms with Gasteiger partial charge in [-0.25, -0.2) is 15.0 Å². The zero-order valence-corrected chi connectivity index (χ0v) is 19.1. The Morgan fingerprint density at radius 1 is 1.00 bits per heavy atom. The molecule has 0 spiro atoms. The summed E-state index contributed by atoms with van der Waals surface area (Å²) in [6.45, 7) is 0. The van der Waals surface area contributed by atoms with E-state index in [1.165, 1.54) is 0 Å². The van der Waals surface area contributed by atoms with Gasteiger partial charge in [0, 0.05) is 23.5 Å². The van der Waals surface area contributed by atoms with Crippen LogP contribution in [0.1, 0.15) is 26.5 Å². The maximum atomic E-state index is 13.1. The van der Waals surface area contributed by atoms with E-state index in [2.05, 4.69) is 35.6 Å². The molecule has 5 aromatic rings. The van der Waals surface area contributed by atoms with Crippen LogP contribution in [-0.2, 0) is 6.42 Å². The van der Waals surface area contributed by atoms with Gasteiger partial charge in [0.15, 0.2) is 0 Å². The second kappa shape index (κ2) is 9.36. The van der Waals surface area contributed by atoms with Crippen molar-refractivity contribution in [2.24, 2.45) is 0 Å². The summed E-state index contributed by atoms with van der Waals surface area (Å²) >= 11 is 1.73. The molecule has 3 heterocycles. The van der Waals surface area contributed by atoms with E-state index in [4.69, 9.17) is 0 Å². The van der Waals surface area contributed by atoms with Gasteiger partial charge >= 0.3 is 0 Å². The topological polar surface area (TPSA) is 128 Å². The van der Waals surface area contributed by atoms with Crippen molar-refractivity contribution in [1.29, 1.82) is 0 Å². The Morgan fingerprint density at radius 2 is 1.85 bits per heavy atom. The fourth-order valence-corrected chi connectivity index (χ4v) is 4.13. The summed E-state index contributed by atoms with van der Waals surface area (Å²) in [7, 11) is 0. The maximum Gasteiger partial charge on any atom is 0.276 e. The van der Waals surface area contributed by atoms with Crippen molar-refractivity contribution in [3.05, 3.63) is 77.9 Å². The number of pyridine rings is 1. The van der Waals surface area contributed by atoms with Crippen LogP contribution in [0.5, 0.6) is 0 Å². The smallest absolute Gasteiger partial charge is 0.276 e. The van der Waals surface area contributed by atoms with Gasteiger partial charge in [-0.05, 0) is 42.0 Å². The number of anilines is 2. The van der Waals surface area contributed by atoms with E-state index in [1.807, 2.05) is 30.5 Å². The van der Waals surface area contributed by atoms with Gasteiger partial charge in [-0.2, -0.15) is 11.8 Å². The molecule has 0 saturated heterocycles. The molecule has 170 valence electrons. The molecule has 5 rings (SSSR count). The minimum Gasteiger partial charge on any atom is -0.331 e. The lowest BCUT2D eigenvalue weighted by Gasteiger charge is -2.09. The molecule has 9 nitrogen and oxygen atoms in total. The number of hydrogen-bond donors (Lipinski definition) is 4. The van der Waals surface area contributed by atoms with E-state index in [9.17, 15) is 9.59 Å². The summed E-state index contributed by atoms with van der Waals surface area (Å²) in [5.41, 5.74) is 2.61. The number of aryl methyl sites for hydroxylation is 1. The van der Waals surface area contributed by atoms with E-state index in [1.54, 1.807) is 48.4 Å². The number of hydrogen-bond acceptors (Lipinski definition) is 6. The normalized spacial score (nSPS) is 11.1. The number of nitrogens with zero attached hydrogens (tertiary/aromatic N) is 3. The number of amides is 2. The largest absolute Gasteiger partial charge is 0.331 e. The molecular formula is C24H21N7O2S. The van der Waals surface area contributed by atoms with Crippen LogP contribution >= 0.6 is 11.8 Å². The lowest BCUT2D eigenvalue weighted by molar-refractivity contribution is 0.101. The van der Waals surface area contributed by atoms with Crippen LogP contribution < -0.4 is 10.6 Å². The lowest BCUT2D eigenvalue weighted by atomic mass is 10.1. The van der Waals surface area contributed by atoms with Crippen LogP contribution in [0, 0.1) is 0 Å². The fourth-order valence-electron chi connectivity index (χ4n) is 3.73. The number of para-hydroxylation sites is 1. The van der Waals surface area contributed by atoms with E-state index >= 15 is 0 Å².